The summed E-state index contributed by atoms with van der Waals surface area (Å²) in [5.41, 5.74) is 2.59. The lowest BCUT2D eigenvalue weighted by Gasteiger charge is -2.30. The summed E-state index contributed by atoms with van der Waals surface area (Å²) in [4.78, 5) is 2.38. The van der Waals surface area contributed by atoms with Crippen molar-refractivity contribution in [1.29, 1.82) is 0 Å². The Morgan fingerprint density at radius 2 is 2.00 bits per heavy atom. The van der Waals surface area contributed by atoms with Gasteiger partial charge in [0.05, 0.1) is 33.0 Å². The molecule has 0 aromatic heterocycles. The first-order chi connectivity index (χ1) is 9.92. The normalized spacial score (nSPS) is 15.6. The van der Waals surface area contributed by atoms with Gasteiger partial charge in [0.15, 0.2) is 0 Å². The molecule has 0 atom stereocenters. The van der Waals surface area contributed by atoms with Crippen LogP contribution >= 0.6 is 0 Å². The van der Waals surface area contributed by atoms with Crippen molar-refractivity contribution in [3.63, 3.8) is 0 Å². The van der Waals surface area contributed by atoms with Gasteiger partial charge in [0.2, 0.25) is 0 Å². The van der Waals surface area contributed by atoms with E-state index in [1.54, 1.807) is 0 Å². The highest BCUT2D eigenvalue weighted by atomic mass is 16.5. The summed E-state index contributed by atoms with van der Waals surface area (Å²) in [6.07, 6.45) is 0. The molecule has 1 aliphatic heterocycles. The Morgan fingerprint density at radius 1 is 1.20 bits per heavy atom. The number of benzene rings is 1. The van der Waals surface area contributed by atoms with E-state index in [4.69, 9.17) is 14.6 Å². The fraction of sp³-hybridized carbons (Fsp3) is 0.600. The first kappa shape index (κ1) is 15.3. The van der Waals surface area contributed by atoms with Crippen molar-refractivity contribution in [2.75, 3.05) is 57.6 Å². The third kappa shape index (κ3) is 4.76. The molecular weight excluding hydrogens is 256 g/mol. The molecule has 0 saturated carbocycles. The average molecular weight is 280 g/mol. The maximum atomic E-state index is 8.62. The predicted molar refractivity (Wildman–Crippen MR) is 79.1 cm³/mol. The fourth-order valence-electron chi connectivity index (χ4n) is 2.31. The Kier molecular flexibility index (Phi) is 6.80. The van der Waals surface area contributed by atoms with Crippen LogP contribution in [-0.2, 0) is 16.0 Å². The number of aliphatic hydroxyl groups excluding tert-OH is 1. The molecule has 1 heterocycles. The van der Waals surface area contributed by atoms with Crippen LogP contribution in [0, 0.1) is 0 Å². The van der Waals surface area contributed by atoms with E-state index >= 15 is 0 Å². The van der Waals surface area contributed by atoms with Crippen molar-refractivity contribution in [2.45, 2.75) is 6.54 Å². The molecule has 5 heteroatoms. The van der Waals surface area contributed by atoms with E-state index in [9.17, 15) is 0 Å². The number of hydrogen-bond acceptors (Lipinski definition) is 5. The molecule has 20 heavy (non-hydrogen) atoms. The van der Waals surface area contributed by atoms with Gasteiger partial charge in [-0.3, -0.25) is 0 Å². The lowest BCUT2D eigenvalue weighted by atomic mass is 10.1. The summed E-state index contributed by atoms with van der Waals surface area (Å²) in [6.45, 7) is 6.25. The zero-order valence-electron chi connectivity index (χ0n) is 11.9. The predicted octanol–water partition coefficient (Wildman–Crippen LogP) is 0.622. The first-order valence-corrected chi connectivity index (χ1v) is 7.22. The minimum absolute atomic E-state index is 0.0832. The van der Waals surface area contributed by atoms with Crippen LogP contribution in [0.25, 0.3) is 0 Å². The van der Waals surface area contributed by atoms with Gasteiger partial charge in [-0.1, -0.05) is 18.2 Å². The average Bonchev–Trinajstić information content (AvgIpc) is 2.52. The van der Waals surface area contributed by atoms with E-state index in [2.05, 4.69) is 34.5 Å². The molecule has 0 radical (unpaired) electrons. The van der Waals surface area contributed by atoms with Crippen molar-refractivity contribution in [1.82, 2.24) is 5.32 Å². The van der Waals surface area contributed by atoms with Gasteiger partial charge in [-0.2, -0.15) is 0 Å². The number of anilines is 1. The zero-order valence-corrected chi connectivity index (χ0v) is 11.9. The summed E-state index contributed by atoms with van der Waals surface area (Å²) in [5.74, 6) is 0. The van der Waals surface area contributed by atoms with Crippen LogP contribution in [0.4, 0.5) is 5.69 Å². The zero-order chi connectivity index (χ0) is 14.0. The van der Waals surface area contributed by atoms with E-state index in [1.165, 1.54) is 11.3 Å². The van der Waals surface area contributed by atoms with Crippen molar-refractivity contribution >= 4 is 5.69 Å². The molecular formula is C15H24N2O3. The van der Waals surface area contributed by atoms with Crippen LogP contribution in [0.5, 0.6) is 0 Å². The van der Waals surface area contributed by atoms with Gasteiger partial charge in [-0.05, 0) is 11.6 Å². The molecule has 112 valence electrons. The number of para-hydroxylation sites is 1. The summed E-state index contributed by atoms with van der Waals surface area (Å²) < 4.78 is 10.6. The van der Waals surface area contributed by atoms with Crippen molar-refractivity contribution < 1.29 is 14.6 Å². The van der Waals surface area contributed by atoms with Crippen molar-refractivity contribution in [3.05, 3.63) is 29.8 Å². The highest BCUT2D eigenvalue weighted by Crippen LogP contribution is 2.21. The number of hydrogen-bond donors (Lipinski definition) is 2. The Hall–Kier alpha value is -1.14. The third-order valence-corrected chi connectivity index (χ3v) is 3.32. The number of nitrogens with zero attached hydrogens (tertiary/aromatic N) is 1. The summed E-state index contributed by atoms with van der Waals surface area (Å²) in [6, 6.07) is 8.48. The van der Waals surface area contributed by atoms with Gasteiger partial charge >= 0.3 is 0 Å². The lowest BCUT2D eigenvalue weighted by Crippen LogP contribution is -2.37. The molecule has 1 aromatic carbocycles. The summed E-state index contributed by atoms with van der Waals surface area (Å²) >= 11 is 0. The minimum Gasteiger partial charge on any atom is -0.394 e. The smallest absolute Gasteiger partial charge is 0.0698 e. The second-order valence-corrected chi connectivity index (χ2v) is 4.74. The Bertz CT molecular complexity index is 381. The van der Waals surface area contributed by atoms with Crippen molar-refractivity contribution in [2.24, 2.45) is 0 Å². The van der Waals surface area contributed by atoms with E-state index < -0.39 is 0 Å². The monoisotopic (exact) mass is 280 g/mol. The maximum Gasteiger partial charge on any atom is 0.0698 e. The number of ether oxygens (including phenoxy) is 2. The van der Waals surface area contributed by atoms with Gasteiger partial charge < -0.3 is 24.8 Å². The van der Waals surface area contributed by atoms with Crippen LogP contribution in [0.1, 0.15) is 5.56 Å². The number of nitrogens with one attached hydrogen (secondary N) is 1. The molecule has 1 aromatic rings. The molecule has 1 saturated heterocycles. The van der Waals surface area contributed by atoms with Gasteiger partial charge in [0.25, 0.3) is 0 Å². The summed E-state index contributed by atoms with van der Waals surface area (Å²) in [5, 5.41) is 12.0. The molecule has 2 N–H and O–H groups in total. The third-order valence-electron chi connectivity index (χ3n) is 3.32. The van der Waals surface area contributed by atoms with Crippen LogP contribution in [0.15, 0.2) is 24.3 Å². The highest BCUT2D eigenvalue weighted by Gasteiger charge is 2.13. The molecule has 0 amide bonds. The first-order valence-electron chi connectivity index (χ1n) is 7.22. The summed E-state index contributed by atoms with van der Waals surface area (Å²) in [7, 11) is 0. The standard InChI is InChI=1S/C15H24N2O3/c18-8-12-19-9-5-16-13-14-3-1-2-4-15(14)17-6-10-20-11-7-17/h1-4,16,18H,5-13H2. The Labute approximate surface area is 120 Å². The van der Waals surface area contributed by atoms with E-state index in [0.717, 1.165) is 39.4 Å². The van der Waals surface area contributed by atoms with Gasteiger partial charge in [-0.15, -0.1) is 0 Å². The molecule has 0 spiro atoms. The SMILES string of the molecule is OCCOCCNCc1ccccc1N1CCOCC1. The minimum atomic E-state index is 0.0832. The van der Waals surface area contributed by atoms with Gasteiger partial charge in [0, 0.05) is 31.9 Å². The molecule has 2 rings (SSSR count). The highest BCUT2D eigenvalue weighted by molar-refractivity contribution is 5.53. The molecule has 1 aliphatic rings. The van der Waals surface area contributed by atoms with E-state index in [0.29, 0.717) is 13.2 Å². The Balaban J connectivity index is 1.81. The molecule has 5 nitrogen and oxygen atoms in total. The van der Waals surface area contributed by atoms with Gasteiger partial charge in [0.1, 0.15) is 0 Å². The number of morpholine rings is 1. The topological polar surface area (TPSA) is 54.0 Å². The van der Waals surface area contributed by atoms with Crippen LogP contribution in [-0.4, -0.2) is 57.8 Å². The van der Waals surface area contributed by atoms with Crippen LogP contribution in [0.3, 0.4) is 0 Å². The van der Waals surface area contributed by atoms with E-state index in [-0.39, 0.29) is 6.61 Å². The van der Waals surface area contributed by atoms with Crippen molar-refractivity contribution in [3.8, 4) is 0 Å². The lowest BCUT2D eigenvalue weighted by molar-refractivity contribution is 0.0938. The molecule has 1 fully saturated rings. The second kappa shape index (κ2) is 8.92. The Morgan fingerprint density at radius 3 is 2.80 bits per heavy atom. The van der Waals surface area contributed by atoms with Crippen LogP contribution < -0.4 is 10.2 Å². The molecule has 0 bridgehead atoms. The quantitative estimate of drug-likeness (QED) is 0.684. The van der Waals surface area contributed by atoms with Crippen LogP contribution in [0.2, 0.25) is 0 Å². The van der Waals surface area contributed by atoms with E-state index in [1.807, 2.05) is 0 Å². The maximum absolute atomic E-state index is 8.62. The van der Waals surface area contributed by atoms with Gasteiger partial charge in [-0.25, -0.2) is 0 Å². The number of rotatable bonds is 8. The fourth-order valence-corrected chi connectivity index (χ4v) is 2.31. The molecule has 0 aliphatic carbocycles. The second-order valence-electron chi connectivity index (χ2n) is 4.74. The largest absolute Gasteiger partial charge is 0.394 e. The molecule has 0 unspecified atom stereocenters. The number of aliphatic hydroxyl groups is 1.